The molecule has 0 saturated carbocycles. The Balaban J connectivity index is 1.64. The summed E-state index contributed by atoms with van der Waals surface area (Å²) in [7, 11) is 0. The molecule has 5 nitrogen and oxygen atoms in total. The Hall–Kier alpha value is -0.200. The molecule has 104 valence electrons. The first-order chi connectivity index (χ1) is 8.95. The van der Waals surface area contributed by atoms with Crippen LogP contribution in [0.3, 0.4) is 0 Å². The number of nitrogens with one attached hydrogen (secondary N) is 1. The molecule has 3 fully saturated rings. The summed E-state index contributed by atoms with van der Waals surface area (Å²) < 4.78 is 5.73. The molecule has 0 aromatic rings. The second-order valence-corrected chi connectivity index (χ2v) is 5.52. The fourth-order valence-corrected chi connectivity index (χ4v) is 3.33. The summed E-state index contributed by atoms with van der Waals surface area (Å²) in [6.07, 6.45) is 4.59. The predicted molar refractivity (Wildman–Crippen MR) is 71.2 cm³/mol. The fraction of sp³-hybridized carbons (Fsp3) is 1.00. The minimum atomic E-state index is 0.483. The summed E-state index contributed by atoms with van der Waals surface area (Å²) in [5, 5.41) is 8.55. The predicted octanol–water partition coefficient (Wildman–Crippen LogP) is -0.0492. The third-order valence-corrected chi connectivity index (χ3v) is 4.34. The van der Waals surface area contributed by atoms with Crippen molar-refractivity contribution in [3.8, 4) is 0 Å². The minimum absolute atomic E-state index is 0.483. The molecular formula is C13H26N4O. The number of hydrogen-bond donors (Lipinski definition) is 1. The Morgan fingerprint density at radius 3 is 2.44 bits per heavy atom. The van der Waals surface area contributed by atoms with Gasteiger partial charge in [0.05, 0.1) is 19.4 Å². The maximum atomic E-state index is 5.73. The van der Waals surface area contributed by atoms with Gasteiger partial charge in [-0.15, -0.1) is 0 Å². The van der Waals surface area contributed by atoms with Crippen LogP contribution in [0, 0.1) is 0 Å². The van der Waals surface area contributed by atoms with Crippen LogP contribution in [-0.4, -0.2) is 80.1 Å². The van der Waals surface area contributed by atoms with Gasteiger partial charge < -0.3 is 10.1 Å². The van der Waals surface area contributed by atoms with Gasteiger partial charge in [0.15, 0.2) is 0 Å². The zero-order valence-corrected chi connectivity index (χ0v) is 11.3. The van der Waals surface area contributed by atoms with E-state index in [1.165, 1.54) is 32.4 Å². The van der Waals surface area contributed by atoms with Crippen molar-refractivity contribution in [3.63, 3.8) is 0 Å². The number of ether oxygens (including phenoxy) is 1. The molecular weight excluding hydrogens is 228 g/mol. The molecule has 5 heteroatoms. The molecule has 18 heavy (non-hydrogen) atoms. The Bertz CT molecular complexity index is 225. The van der Waals surface area contributed by atoms with Crippen LogP contribution in [0.15, 0.2) is 0 Å². The SMILES string of the molecule is C1CCN(C2COCCN2N2CCNCC2)CC1. The van der Waals surface area contributed by atoms with Crippen molar-refractivity contribution in [1.82, 2.24) is 20.2 Å². The van der Waals surface area contributed by atoms with Gasteiger partial charge in [0.25, 0.3) is 0 Å². The van der Waals surface area contributed by atoms with Gasteiger partial charge in [-0.2, -0.15) is 0 Å². The minimum Gasteiger partial charge on any atom is -0.377 e. The van der Waals surface area contributed by atoms with E-state index in [1.807, 2.05) is 0 Å². The standard InChI is InChI=1S/C13H26N4O/c1-2-6-15(7-3-1)13-12-18-11-10-17(13)16-8-4-14-5-9-16/h13-14H,1-12H2. The van der Waals surface area contributed by atoms with Gasteiger partial charge in [-0.1, -0.05) is 6.42 Å². The Kier molecular flexibility index (Phi) is 4.49. The lowest BCUT2D eigenvalue weighted by Gasteiger charge is -2.49. The number of piperidine rings is 1. The van der Waals surface area contributed by atoms with Gasteiger partial charge in [0.1, 0.15) is 0 Å². The third-order valence-electron chi connectivity index (χ3n) is 4.34. The highest BCUT2D eigenvalue weighted by molar-refractivity contribution is 4.79. The summed E-state index contributed by atoms with van der Waals surface area (Å²) in [6, 6.07) is 0. The quantitative estimate of drug-likeness (QED) is 0.747. The van der Waals surface area contributed by atoms with E-state index < -0.39 is 0 Å². The Labute approximate surface area is 110 Å². The summed E-state index contributed by atoms with van der Waals surface area (Å²) in [6.45, 7) is 9.83. The fourth-order valence-electron chi connectivity index (χ4n) is 3.33. The maximum Gasteiger partial charge on any atom is 0.0998 e. The van der Waals surface area contributed by atoms with Crippen molar-refractivity contribution in [2.75, 3.05) is 59.0 Å². The molecule has 1 N–H and O–H groups in total. The van der Waals surface area contributed by atoms with Crippen molar-refractivity contribution in [2.24, 2.45) is 0 Å². The molecule has 1 atom stereocenters. The molecule has 1 unspecified atom stereocenters. The highest BCUT2D eigenvalue weighted by atomic mass is 16.5. The number of piperazine rings is 1. The summed E-state index contributed by atoms with van der Waals surface area (Å²) >= 11 is 0. The molecule has 3 saturated heterocycles. The second kappa shape index (κ2) is 6.30. The van der Waals surface area contributed by atoms with E-state index in [4.69, 9.17) is 4.74 Å². The molecule has 0 radical (unpaired) electrons. The monoisotopic (exact) mass is 254 g/mol. The normalized spacial score (nSPS) is 33.7. The average molecular weight is 254 g/mol. The zero-order valence-electron chi connectivity index (χ0n) is 11.3. The third kappa shape index (κ3) is 2.86. The average Bonchev–Trinajstić information content (AvgIpc) is 2.49. The summed E-state index contributed by atoms with van der Waals surface area (Å²) in [5.74, 6) is 0. The van der Waals surface area contributed by atoms with Crippen LogP contribution in [0.1, 0.15) is 19.3 Å². The van der Waals surface area contributed by atoms with Crippen LogP contribution >= 0.6 is 0 Å². The van der Waals surface area contributed by atoms with E-state index in [2.05, 4.69) is 20.2 Å². The molecule has 0 aliphatic carbocycles. The van der Waals surface area contributed by atoms with Crippen LogP contribution in [0.2, 0.25) is 0 Å². The highest BCUT2D eigenvalue weighted by Gasteiger charge is 2.33. The van der Waals surface area contributed by atoms with Crippen molar-refractivity contribution < 1.29 is 4.74 Å². The van der Waals surface area contributed by atoms with E-state index in [9.17, 15) is 0 Å². The number of morpholine rings is 1. The first kappa shape index (κ1) is 12.8. The lowest BCUT2D eigenvalue weighted by atomic mass is 10.1. The van der Waals surface area contributed by atoms with E-state index in [0.717, 1.165) is 45.9 Å². The summed E-state index contributed by atoms with van der Waals surface area (Å²) in [5.41, 5.74) is 0. The maximum absolute atomic E-state index is 5.73. The number of nitrogens with zero attached hydrogens (tertiary/aromatic N) is 3. The van der Waals surface area contributed by atoms with E-state index in [1.54, 1.807) is 0 Å². The van der Waals surface area contributed by atoms with E-state index >= 15 is 0 Å². The van der Waals surface area contributed by atoms with Crippen LogP contribution in [0.4, 0.5) is 0 Å². The van der Waals surface area contributed by atoms with Crippen molar-refractivity contribution in [2.45, 2.75) is 25.4 Å². The van der Waals surface area contributed by atoms with Gasteiger partial charge >= 0.3 is 0 Å². The number of hydrazine groups is 1. The first-order valence-corrected chi connectivity index (χ1v) is 7.49. The molecule has 3 rings (SSSR count). The zero-order chi connectivity index (χ0) is 12.2. The largest absolute Gasteiger partial charge is 0.377 e. The van der Waals surface area contributed by atoms with E-state index in [-0.39, 0.29) is 0 Å². The van der Waals surface area contributed by atoms with Crippen LogP contribution in [-0.2, 0) is 4.74 Å². The molecule has 0 bridgehead atoms. The molecule has 0 amide bonds. The lowest BCUT2D eigenvalue weighted by Crippen LogP contribution is -2.64. The Morgan fingerprint density at radius 1 is 0.889 bits per heavy atom. The van der Waals surface area contributed by atoms with Crippen LogP contribution in [0.5, 0.6) is 0 Å². The van der Waals surface area contributed by atoms with Crippen LogP contribution < -0.4 is 5.32 Å². The van der Waals surface area contributed by atoms with Crippen molar-refractivity contribution in [1.29, 1.82) is 0 Å². The second-order valence-electron chi connectivity index (χ2n) is 5.52. The van der Waals surface area contributed by atoms with E-state index in [0.29, 0.717) is 6.17 Å². The summed E-state index contributed by atoms with van der Waals surface area (Å²) in [4.78, 5) is 2.63. The Morgan fingerprint density at radius 2 is 1.67 bits per heavy atom. The van der Waals surface area contributed by atoms with Gasteiger partial charge in [0, 0.05) is 32.7 Å². The molecule has 3 aliphatic heterocycles. The van der Waals surface area contributed by atoms with Crippen molar-refractivity contribution in [3.05, 3.63) is 0 Å². The number of hydrogen-bond acceptors (Lipinski definition) is 5. The molecule has 0 aromatic carbocycles. The van der Waals surface area contributed by atoms with Gasteiger partial charge in [-0.05, 0) is 25.9 Å². The molecule has 0 spiro atoms. The lowest BCUT2D eigenvalue weighted by molar-refractivity contribution is -0.180. The molecule has 3 heterocycles. The smallest absolute Gasteiger partial charge is 0.0998 e. The molecule has 0 aromatic heterocycles. The highest BCUT2D eigenvalue weighted by Crippen LogP contribution is 2.19. The molecule has 3 aliphatic rings. The van der Waals surface area contributed by atoms with Crippen molar-refractivity contribution >= 4 is 0 Å². The van der Waals surface area contributed by atoms with Gasteiger partial charge in [-0.3, -0.25) is 4.90 Å². The topological polar surface area (TPSA) is 31.0 Å². The van der Waals surface area contributed by atoms with Crippen LogP contribution in [0.25, 0.3) is 0 Å². The number of rotatable bonds is 2. The first-order valence-electron chi connectivity index (χ1n) is 7.49. The van der Waals surface area contributed by atoms with Gasteiger partial charge in [0.2, 0.25) is 0 Å². The number of likely N-dealkylation sites (tertiary alicyclic amines) is 1. The van der Waals surface area contributed by atoms with Gasteiger partial charge in [-0.25, -0.2) is 10.0 Å².